The Morgan fingerprint density at radius 1 is 1.64 bits per heavy atom. The molecule has 0 aromatic rings. The molecule has 0 bridgehead atoms. The van der Waals surface area contributed by atoms with Crippen LogP contribution >= 0.6 is 0 Å². The van der Waals surface area contributed by atoms with E-state index in [1.807, 2.05) is 0 Å². The highest BCUT2D eigenvalue weighted by Gasteiger charge is 2.00. The van der Waals surface area contributed by atoms with Crippen molar-refractivity contribution < 1.29 is 9.53 Å². The summed E-state index contributed by atoms with van der Waals surface area (Å²) in [5.74, 6) is -0.281. The summed E-state index contributed by atoms with van der Waals surface area (Å²) in [4.78, 5) is 20.1. The number of nitroso groups, excluding NO2 is 1. The van der Waals surface area contributed by atoms with Crippen molar-refractivity contribution in [3.8, 4) is 0 Å². The molecule has 0 amide bonds. The number of carbonyl (C=O) groups excluding carboxylic acids is 1. The van der Waals surface area contributed by atoms with E-state index in [0.29, 0.717) is 19.4 Å². The maximum atomic E-state index is 10.3. The zero-order valence-electron chi connectivity index (χ0n) is 6.87. The molecule has 0 aliphatic heterocycles. The molecule has 0 spiro atoms. The third kappa shape index (κ3) is 6.96. The van der Waals surface area contributed by atoms with Gasteiger partial charge in [-0.05, 0) is 19.8 Å². The van der Waals surface area contributed by atoms with Crippen molar-refractivity contribution in [2.45, 2.75) is 32.7 Å². The van der Waals surface area contributed by atoms with Crippen molar-refractivity contribution in [3.05, 3.63) is 4.91 Å². The van der Waals surface area contributed by atoms with Crippen molar-refractivity contribution >= 4 is 5.97 Å². The summed E-state index contributed by atoms with van der Waals surface area (Å²) in [6.07, 6.45) is 1.38. The topological polar surface area (TPSA) is 55.7 Å². The SMILES string of the molecule is CC(=O)OCCCC(C)N=O. The first-order valence-electron chi connectivity index (χ1n) is 3.62. The van der Waals surface area contributed by atoms with Gasteiger partial charge in [-0.25, -0.2) is 0 Å². The van der Waals surface area contributed by atoms with E-state index in [9.17, 15) is 9.70 Å². The van der Waals surface area contributed by atoms with Gasteiger partial charge in [0.2, 0.25) is 0 Å². The summed E-state index contributed by atoms with van der Waals surface area (Å²) in [6, 6.07) is -0.175. The molecule has 0 fully saturated rings. The number of carbonyl (C=O) groups is 1. The summed E-state index contributed by atoms with van der Waals surface area (Å²) in [5, 5.41) is 2.81. The fraction of sp³-hybridized carbons (Fsp3) is 0.857. The Hall–Kier alpha value is -0.930. The molecule has 4 heteroatoms. The normalized spacial score (nSPS) is 12.2. The van der Waals surface area contributed by atoms with E-state index in [-0.39, 0.29) is 12.0 Å². The van der Waals surface area contributed by atoms with Gasteiger partial charge in [0.1, 0.15) is 0 Å². The molecule has 0 aromatic heterocycles. The van der Waals surface area contributed by atoms with Gasteiger partial charge in [-0.15, -0.1) is 0 Å². The van der Waals surface area contributed by atoms with Gasteiger partial charge < -0.3 is 4.74 Å². The van der Waals surface area contributed by atoms with Crippen molar-refractivity contribution in [1.82, 2.24) is 0 Å². The van der Waals surface area contributed by atoms with Crippen LogP contribution < -0.4 is 0 Å². The molecule has 11 heavy (non-hydrogen) atoms. The van der Waals surface area contributed by atoms with Crippen LogP contribution in [-0.2, 0) is 9.53 Å². The van der Waals surface area contributed by atoms with Crippen molar-refractivity contribution in [2.75, 3.05) is 6.61 Å². The third-order valence-electron chi connectivity index (χ3n) is 1.25. The molecule has 0 aliphatic rings. The standard InChI is InChI=1S/C7H13NO3/c1-6(8-10)4-3-5-11-7(2)9/h6H,3-5H2,1-2H3. The Kier molecular flexibility index (Phi) is 5.33. The van der Waals surface area contributed by atoms with Crippen LogP contribution in [0, 0.1) is 4.91 Å². The average molecular weight is 159 g/mol. The van der Waals surface area contributed by atoms with Crippen LogP contribution in [-0.4, -0.2) is 18.6 Å². The lowest BCUT2D eigenvalue weighted by atomic mass is 10.2. The lowest BCUT2D eigenvalue weighted by molar-refractivity contribution is -0.141. The summed E-state index contributed by atoms with van der Waals surface area (Å²) in [5.41, 5.74) is 0. The molecular weight excluding hydrogens is 146 g/mol. The molecule has 0 rings (SSSR count). The number of hydrogen-bond acceptors (Lipinski definition) is 4. The predicted molar refractivity (Wildman–Crippen MR) is 41.1 cm³/mol. The summed E-state index contributed by atoms with van der Waals surface area (Å²) in [7, 11) is 0. The fourth-order valence-electron chi connectivity index (χ4n) is 0.647. The van der Waals surface area contributed by atoms with Gasteiger partial charge in [0.05, 0.1) is 12.6 Å². The van der Waals surface area contributed by atoms with Gasteiger partial charge in [0.25, 0.3) is 0 Å². The lowest BCUT2D eigenvalue weighted by Crippen LogP contribution is -2.03. The highest BCUT2D eigenvalue weighted by Crippen LogP contribution is 2.00. The minimum Gasteiger partial charge on any atom is -0.466 e. The van der Waals surface area contributed by atoms with Crippen molar-refractivity contribution in [2.24, 2.45) is 5.18 Å². The Labute approximate surface area is 65.9 Å². The minimum absolute atomic E-state index is 0.175. The number of esters is 1. The molecule has 0 saturated carbocycles. The summed E-state index contributed by atoms with van der Waals surface area (Å²) >= 11 is 0. The second kappa shape index (κ2) is 5.82. The van der Waals surface area contributed by atoms with Crippen LogP contribution in [0.4, 0.5) is 0 Å². The average Bonchev–Trinajstić information content (AvgIpc) is 1.97. The molecule has 4 nitrogen and oxygen atoms in total. The highest BCUT2D eigenvalue weighted by atomic mass is 16.5. The molecule has 0 saturated heterocycles. The largest absolute Gasteiger partial charge is 0.466 e. The van der Waals surface area contributed by atoms with Gasteiger partial charge in [-0.2, -0.15) is 4.91 Å². The number of hydrogen-bond donors (Lipinski definition) is 0. The Bertz CT molecular complexity index is 136. The molecular formula is C7H13NO3. The quantitative estimate of drug-likeness (QED) is 0.347. The van der Waals surface area contributed by atoms with Gasteiger partial charge in [-0.3, -0.25) is 4.79 Å². The van der Waals surface area contributed by atoms with Crippen LogP contribution in [0.15, 0.2) is 5.18 Å². The highest BCUT2D eigenvalue weighted by molar-refractivity contribution is 5.65. The van der Waals surface area contributed by atoms with Crippen molar-refractivity contribution in [3.63, 3.8) is 0 Å². The first-order chi connectivity index (χ1) is 5.16. The van der Waals surface area contributed by atoms with E-state index in [4.69, 9.17) is 0 Å². The van der Waals surface area contributed by atoms with Crippen LogP contribution in [0.3, 0.4) is 0 Å². The van der Waals surface area contributed by atoms with E-state index in [1.165, 1.54) is 6.92 Å². The predicted octanol–water partition coefficient (Wildman–Crippen LogP) is 1.48. The Morgan fingerprint density at radius 3 is 2.73 bits per heavy atom. The molecule has 1 unspecified atom stereocenters. The maximum absolute atomic E-state index is 10.3. The van der Waals surface area contributed by atoms with E-state index in [1.54, 1.807) is 6.92 Å². The lowest BCUT2D eigenvalue weighted by Gasteiger charge is -2.02. The second-order valence-electron chi connectivity index (χ2n) is 2.44. The molecule has 0 radical (unpaired) electrons. The molecule has 64 valence electrons. The van der Waals surface area contributed by atoms with Crippen LogP contribution in [0.25, 0.3) is 0 Å². The Balaban J connectivity index is 3.14. The summed E-state index contributed by atoms with van der Waals surface area (Å²) in [6.45, 7) is 3.48. The third-order valence-corrected chi connectivity index (χ3v) is 1.25. The van der Waals surface area contributed by atoms with Crippen LogP contribution in [0.5, 0.6) is 0 Å². The van der Waals surface area contributed by atoms with E-state index in [2.05, 4.69) is 9.91 Å². The molecule has 0 N–H and O–H groups in total. The zero-order chi connectivity index (χ0) is 8.69. The van der Waals surface area contributed by atoms with Gasteiger partial charge in [-0.1, -0.05) is 5.18 Å². The monoisotopic (exact) mass is 159 g/mol. The first-order valence-corrected chi connectivity index (χ1v) is 3.62. The van der Waals surface area contributed by atoms with Gasteiger partial charge in [0.15, 0.2) is 0 Å². The maximum Gasteiger partial charge on any atom is 0.302 e. The van der Waals surface area contributed by atoms with Gasteiger partial charge >= 0.3 is 5.97 Å². The summed E-state index contributed by atoms with van der Waals surface area (Å²) < 4.78 is 4.65. The smallest absolute Gasteiger partial charge is 0.302 e. The number of rotatable bonds is 5. The number of ether oxygens (including phenoxy) is 1. The van der Waals surface area contributed by atoms with E-state index >= 15 is 0 Å². The van der Waals surface area contributed by atoms with E-state index < -0.39 is 0 Å². The zero-order valence-corrected chi connectivity index (χ0v) is 6.87. The Morgan fingerprint density at radius 2 is 2.27 bits per heavy atom. The second-order valence-corrected chi connectivity index (χ2v) is 2.44. The first kappa shape index (κ1) is 10.1. The van der Waals surface area contributed by atoms with Gasteiger partial charge in [0, 0.05) is 6.92 Å². The molecule has 0 heterocycles. The van der Waals surface area contributed by atoms with Crippen molar-refractivity contribution in [1.29, 1.82) is 0 Å². The van der Waals surface area contributed by atoms with E-state index in [0.717, 1.165) is 0 Å². The van der Waals surface area contributed by atoms with Crippen LogP contribution in [0.1, 0.15) is 26.7 Å². The molecule has 0 aliphatic carbocycles. The molecule has 0 aromatic carbocycles. The van der Waals surface area contributed by atoms with Crippen LogP contribution in [0.2, 0.25) is 0 Å². The minimum atomic E-state index is -0.281. The fourth-order valence-corrected chi connectivity index (χ4v) is 0.647. The molecule has 1 atom stereocenters. The number of nitrogens with zero attached hydrogens (tertiary/aromatic N) is 1.